The molecule has 2 rings (SSSR count). The molecule has 0 aliphatic heterocycles. The molecule has 3 N–H and O–H groups in total. The second-order valence-corrected chi connectivity index (χ2v) is 6.91. The molecule has 1 aliphatic carbocycles. The van der Waals surface area contributed by atoms with Crippen LogP contribution in [0, 0.1) is 11.2 Å². The number of halogens is 2. The molecule has 1 fully saturated rings. The zero-order valence-electron chi connectivity index (χ0n) is 15.2. The first-order valence-electron chi connectivity index (χ1n) is 8.98. The van der Waals surface area contributed by atoms with Gasteiger partial charge >= 0.3 is 0 Å². The van der Waals surface area contributed by atoms with Crippen LogP contribution < -0.4 is 10.6 Å². The fourth-order valence-electron chi connectivity index (χ4n) is 3.14. The zero-order chi connectivity index (χ0) is 17.4. The Morgan fingerprint density at radius 3 is 2.64 bits per heavy atom. The first-order valence-corrected chi connectivity index (χ1v) is 8.98. The van der Waals surface area contributed by atoms with Crippen LogP contribution in [0.25, 0.3) is 0 Å². The number of aliphatic imine (C=N–C) groups is 1. The van der Waals surface area contributed by atoms with E-state index in [1.165, 1.54) is 12.1 Å². The fourth-order valence-corrected chi connectivity index (χ4v) is 3.14. The second kappa shape index (κ2) is 11.0. The Bertz CT molecular complexity index is 538. The first-order chi connectivity index (χ1) is 11.5. The summed E-state index contributed by atoms with van der Waals surface area (Å²) < 4.78 is 12.9. The molecule has 0 heterocycles. The average molecular weight is 463 g/mol. The van der Waals surface area contributed by atoms with E-state index in [1.807, 2.05) is 6.92 Å². The van der Waals surface area contributed by atoms with Crippen molar-refractivity contribution in [3.8, 4) is 0 Å². The third-order valence-electron chi connectivity index (χ3n) is 4.84. The lowest BCUT2D eigenvalue weighted by Gasteiger charge is -2.37. The Morgan fingerprint density at radius 1 is 1.28 bits per heavy atom. The molecule has 1 saturated carbocycles. The van der Waals surface area contributed by atoms with Crippen LogP contribution in [0.5, 0.6) is 0 Å². The predicted octanol–water partition coefficient (Wildman–Crippen LogP) is 3.48. The van der Waals surface area contributed by atoms with E-state index < -0.39 is 0 Å². The van der Waals surface area contributed by atoms with Crippen molar-refractivity contribution in [3.63, 3.8) is 0 Å². The number of guanidine groups is 1. The summed E-state index contributed by atoms with van der Waals surface area (Å²) in [5.74, 6) is 0.569. The number of aliphatic hydroxyl groups is 1. The first kappa shape index (κ1) is 22.2. The van der Waals surface area contributed by atoms with E-state index in [1.54, 1.807) is 12.1 Å². The SMILES string of the molecule is CCNC(=NCC1(C)CCCCC1O)NCCc1ccc(F)cc1.I. The van der Waals surface area contributed by atoms with Crippen LogP contribution in [-0.4, -0.2) is 36.8 Å². The molecular formula is C19H31FIN3O. The van der Waals surface area contributed by atoms with Crippen LogP contribution in [0.4, 0.5) is 4.39 Å². The van der Waals surface area contributed by atoms with Crippen molar-refractivity contribution in [3.05, 3.63) is 35.6 Å². The highest BCUT2D eigenvalue weighted by Crippen LogP contribution is 2.36. The molecular weight excluding hydrogens is 432 g/mol. The third-order valence-corrected chi connectivity index (χ3v) is 4.84. The van der Waals surface area contributed by atoms with Gasteiger partial charge < -0.3 is 15.7 Å². The van der Waals surface area contributed by atoms with Crippen LogP contribution in [0.3, 0.4) is 0 Å². The molecule has 0 aromatic heterocycles. The maximum absolute atomic E-state index is 12.9. The average Bonchev–Trinajstić information content (AvgIpc) is 2.57. The van der Waals surface area contributed by atoms with Crippen molar-refractivity contribution in [1.29, 1.82) is 0 Å². The number of rotatable bonds is 6. The standard InChI is InChI=1S/C19H30FN3O.HI/c1-3-21-18(22-13-11-15-7-9-16(20)10-8-15)23-14-19(2)12-5-4-6-17(19)24;/h7-10,17,24H,3-6,11-14H2,1-2H3,(H2,21,22,23);1H. The fraction of sp³-hybridized carbons (Fsp3) is 0.632. The van der Waals surface area contributed by atoms with Crippen LogP contribution in [0.15, 0.2) is 29.3 Å². The molecule has 25 heavy (non-hydrogen) atoms. The van der Waals surface area contributed by atoms with Crippen molar-refractivity contribution in [2.24, 2.45) is 10.4 Å². The number of nitrogens with zero attached hydrogens (tertiary/aromatic N) is 1. The number of hydrogen-bond acceptors (Lipinski definition) is 2. The second-order valence-electron chi connectivity index (χ2n) is 6.91. The lowest BCUT2D eigenvalue weighted by Crippen LogP contribution is -2.42. The third kappa shape index (κ3) is 7.09. The summed E-state index contributed by atoms with van der Waals surface area (Å²) in [4.78, 5) is 4.68. The Kier molecular flexibility index (Phi) is 9.71. The Balaban J connectivity index is 0.00000312. The maximum atomic E-state index is 12.9. The van der Waals surface area contributed by atoms with Gasteiger partial charge in [0.15, 0.2) is 5.96 Å². The quantitative estimate of drug-likeness (QED) is 0.344. The summed E-state index contributed by atoms with van der Waals surface area (Å²) in [5.41, 5.74) is 0.965. The molecule has 6 heteroatoms. The monoisotopic (exact) mass is 463 g/mol. The summed E-state index contributed by atoms with van der Waals surface area (Å²) in [7, 11) is 0. The Labute approximate surface area is 167 Å². The van der Waals surface area contributed by atoms with E-state index in [9.17, 15) is 9.50 Å². The highest BCUT2D eigenvalue weighted by Gasteiger charge is 2.35. The molecule has 4 nitrogen and oxygen atoms in total. The lowest BCUT2D eigenvalue weighted by molar-refractivity contribution is 0.00716. The van der Waals surface area contributed by atoms with Gasteiger partial charge in [0.05, 0.1) is 12.6 Å². The molecule has 1 aromatic rings. The highest BCUT2D eigenvalue weighted by atomic mass is 127. The van der Waals surface area contributed by atoms with E-state index >= 15 is 0 Å². The highest BCUT2D eigenvalue weighted by molar-refractivity contribution is 14.0. The van der Waals surface area contributed by atoms with Gasteiger partial charge in [-0.15, -0.1) is 24.0 Å². The van der Waals surface area contributed by atoms with Gasteiger partial charge in [0.2, 0.25) is 0 Å². The van der Waals surface area contributed by atoms with E-state index in [-0.39, 0.29) is 41.3 Å². The smallest absolute Gasteiger partial charge is 0.191 e. The Morgan fingerprint density at radius 2 is 2.00 bits per heavy atom. The molecule has 0 radical (unpaired) electrons. The van der Waals surface area contributed by atoms with Gasteiger partial charge in [-0.25, -0.2) is 4.39 Å². The summed E-state index contributed by atoms with van der Waals surface area (Å²) in [5, 5.41) is 16.8. The summed E-state index contributed by atoms with van der Waals surface area (Å²) in [6, 6.07) is 6.58. The summed E-state index contributed by atoms with van der Waals surface area (Å²) in [6.07, 6.45) is 4.71. The van der Waals surface area contributed by atoms with E-state index in [0.717, 1.165) is 56.7 Å². The number of hydrogen-bond donors (Lipinski definition) is 3. The van der Waals surface area contributed by atoms with Gasteiger partial charge in [-0.2, -0.15) is 0 Å². The molecule has 0 saturated heterocycles. The van der Waals surface area contributed by atoms with Crippen molar-refractivity contribution in [1.82, 2.24) is 10.6 Å². The molecule has 1 aliphatic rings. The summed E-state index contributed by atoms with van der Waals surface area (Å²) >= 11 is 0. The minimum Gasteiger partial charge on any atom is -0.392 e. The minimum atomic E-state index is -0.267. The number of aliphatic hydroxyl groups excluding tert-OH is 1. The van der Waals surface area contributed by atoms with Gasteiger partial charge in [-0.1, -0.05) is 31.9 Å². The van der Waals surface area contributed by atoms with Crippen molar-refractivity contribution < 1.29 is 9.50 Å². The molecule has 0 spiro atoms. The molecule has 0 bridgehead atoms. The molecule has 142 valence electrons. The topological polar surface area (TPSA) is 56.7 Å². The van der Waals surface area contributed by atoms with Crippen LogP contribution in [0.2, 0.25) is 0 Å². The normalized spacial score (nSPS) is 23.7. The zero-order valence-corrected chi connectivity index (χ0v) is 17.6. The molecule has 0 amide bonds. The van der Waals surface area contributed by atoms with E-state index in [2.05, 4.69) is 22.5 Å². The van der Waals surface area contributed by atoms with Crippen molar-refractivity contribution in [2.45, 2.75) is 52.1 Å². The molecule has 1 aromatic carbocycles. The molecule has 2 unspecified atom stereocenters. The molecule has 2 atom stereocenters. The van der Waals surface area contributed by atoms with Gasteiger partial charge in [0.1, 0.15) is 5.82 Å². The van der Waals surface area contributed by atoms with Crippen LogP contribution in [0.1, 0.15) is 45.1 Å². The van der Waals surface area contributed by atoms with Gasteiger partial charge in [0, 0.05) is 18.5 Å². The summed E-state index contributed by atoms with van der Waals surface area (Å²) in [6.45, 7) is 6.31. The van der Waals surface area contributed by atoms with E-state index in [4.69, 9.17) is 0 Å². The van der Waals surface area contributed by atoms with Crippen molar-refractivity contribution in [2.75, 3.05) is 19.6 Å². The van der Waals surface area contributed by atoms with Gasteiger partial charge in [-0.05, 0) is 43.9 Å². The van der Waals surface area contributed by atoms with Crippen molar-refractivity contribution >= 4 is 29.9 Å². The van der Waals surface area contributed by atoms with Crippen LogP contribution in [-0.2, 0) is 6.42 Å². The maximum Gasteiger partial charge on any atom is 0.191 e. The van der Waals surface area contributed by atoms with Crippen LogP contribution >= 0.6 is 24.0 Å². The van der Waals surface area contributed by atoms with Gasteiger partial charge in [0.25, 0.3) is 0 Å². The number of benzene rings is 1. The van der Waals surface area contributed by atoms with E-state index in [0.29, 0.717) is 6.54 Å². The lowest BCUT2D eigenvalue weighted by atomic mass is 9.73. The Hall–Kier alpha value is -0.890. The number of nitrogens with one attached hydrogen (secondary N) is 2. The predicted molar refractivity (Wildman–Crippen MR) is 112 cm³/mol. The van der Waals surface area contributed by atoms with Gasteiger partial charge in [-0.3, -0.25) is 4.99 Å². The minimum absolute atomic E-state index is 0. The largest absolute Gasteiger partial charge is 0.392 e.